The number of benzene rings is 4. The second kappa shape index (κ2) is 11.7. The number of hydrogen-bond acceptors (Lipinski definition) is 3. The summed E-state index contributed by atoms with van der Waals surface area (Å²) >= 11 is 0. The summed E-state index contributed by atoms with van der Waals surface area (Å²) in [6, 6.07) is 37.7. The number of rotatable bonds is 7. The van der Waals surface area contributed by atoms with Crippen LogP contribution in [-0.4, -0.2) is 17.0 Å². The van der Waals surface area contributed by atoms with Crippen LogP contribution >= 0.6 is 0 Å². The summed E-state index contributed by atoms with van der Waals surface area (Å²) in [5.74, 6) is 0.716. The summed E-state index contributed by atoms with van der Waals surface area (Å²) < 4.78 is 0. The first-order chi connectivity index (χ1) is 19.0. The van der Waals surface area contributed by atoms with Gasteiger partial charge >= 0.3 is 0 Å². The van der Waals surface area contributed by atoms with Crippen molar-refractivity contribution in [2.75, 3.05) is 11.9 Å². The van der Waals surface area contributed by atoms with Crippen LogP contribution in [-0.2, 0) is 0 Å². The normalized spacial score (nSPS) is 11.6. The van der Waals surface area contributed by atoms with Gasteiger partial charge in [-0.2, -0.15) is 0 Å². The smallest absolute Gasteiger partial charge is 0.160 e. The van der Waals surface area contributed by atoms with Crippen molar-refractivity contribution in [1.29, 1.82) is 0 Å². The summed E-state index contributed by atoms with van der Waals surface area (Å²) in [6.45, 7) is 6.34. The predicted molar refractivity (Wildman–Crippen MR) is 165 cm³/mol. The highest BCUT2D eigenvalue weighted by atomic mass is 15.1. The van der Waals surface area contributed by atoms with Gasteiger partial charge in [-0.3, -0.25) is 0 Å². The molecule has 4 aromatic carbocycles. The van der Waals surface area contributed by atoms with Gasteiger partial charge in [-0.05, 0) is 44.0 Å². The molecule has 3 heteroatoms. The molecule has 0 saturated heterocycles. The molecule has 1 heterocycles. The lowest BCUT2D eigenvalue weighted by Gasteiger charge is -2.25. The molecule has 0 fully saturated rings. The number of hydrogen-bond donors (Lipinski definition) is 0. The Hall–Kier alpha value is -4.76. The van der Waals surface area contributed by atoms with E-state index >= 15 is 0 Å². The molecule has 1 aromatic heterocycles. The molecule has 0 bridgehead atoms. The van der Waals surface area contributed by atoms with Crippen molar-refractivity contribution < 1.29 is 0 Å². The van der Waals surface area contributed by atoms with Crippen LogP contribution in [0.15, 0.2) is 133 Å². The number of aromatic nitrogens is 2. The van der Waals surface area contributed by atoms with Crippen molar-refractivity contribution in [2.24, 2.45) is 0 Å². The van der Waals surface area contributed by atoms with E-state index in [2.05, 4.69) is 111 Å². The first kappa shape index (κ1) is 25.9. The molecule has 0 amide bonds. The topological polar surface area (TPSA) is 29.0 Å². The molecule has 3 nitrogen and oxygen atoms in total. The summed E-state index contributed by atoms with van der Waals surface area (Å²) in [5, 5.41) is 0. The highest BCUT2D eigenvalue weighted by Crippen LogP contribution is 2.36. The summed E-state index contributed by atoms with van der Waals surface area (Å²) in [7, 11) is 2.13. The number of anilines is 1. The zero-order valence-corrected chi connectivity index (χ0v) is 23.0. The van der Waals surface area contributed by atoms with Gasteiger partial charge in [-0.15, -0.1) is 0 Å². The van der Waals surface area contributed by atoms with E-state index in [4.69, 9.17) is 9.97 Å². The van der Waals surface area contributed by atoms with Crippen molar-refractivity contribution in [3.05, 3.63) is 139 Å². The van der Waals surface area contributed by atoms with E-state index in [1.54, 1.807) is 0 Å². The van der Waals surface area contributed by atoms with Gasteiger partial charge in [-0.25, -0.2) is 9.97 Å². The molecule has 0 aliphatic rings. The Bertz CT molecular complexity index is 1560. The van der Waals surface area contributed by atoms with Gasteiger partial charge in [0.15, 0.2) is 5.82 Å². The van der Waals surface area contributed by atoms with Gasteiger partial charge < -0.3 is 4.90 Å². The van der Waals surface area contributed by atoms with Crippen molar-refractivity contribution >= 4 is 5.69 Å². The van der Waals surface area contributed by atoms with E-state index in [1.165, 1.54) is 22.5 Å². The van der Waals surface area contributed by atoms with Gasteiger partial charge in [-0.1, -0.05) is 115 Å². The van der Waals surface area contributed by atoms with Gasteiger partial charge in [0.1, 0.15) is 0 Å². The fourth-order valence-corrected chi connectivity index (χ4v) is 4.75. The molecule has 0 unspecified atom stereocenters. The third-order valence-corrected chi connectivity index (χ3v) is 6.95. The Morgan fingerprint density at radius 2 is 1.23 bits per heavy atom. The minimum Gasteiger partial charge on any atom is -0.348 e. The van der Waals surface area contributed by atoms with Crippen molar-refractivity contribution in [3.8, 4) is 45.0 Å². The van der Waals surface area contributed by atoms with Crippen LogP contribution in [0.1, 0.15) is 19.4 Å². The average molecular weight is 508 g/mol. The van der Waals surface area contributed by atoms with E-state index in [9.17, 15) is 0 Å². The molecule has 0 atom stereocenters. The molecule has 0 saturated carbocycles. The van der Waals surface area contributed by atoms with E-state index in [1.807, 2.05) is 49.4 Å². The lowest BCUT2D eigenvalue weighted by atomic mass is 9.98. The second-order valence-electron chi connectivity index (χ2n) is 9.64. The highest BCUT2D eigenvalue weighted by molar-refractivity contribution is 5.83. The second-order valence-corrected chi connectivity index (χ2v) is 9.64. The third-order valence-electron chi connectivity index (χ3n) is 6.95. The summed E-state index contributed by atoms with van der Waals surface area (Å²) in [6.07, 6.45) is 6.26. The molecule has 5 rings (SSSR count). The first-order valence-electron chi connectivity index (χ1n) is 13.3. The molecule has 0 radical (unpaired) electrons. The monoisotopic (exact) mass is 507 g/mol. The standard InChI is InChI=1S/C36H33N3/c1-5-6-15-27(3)39(4)35-26(2)14-13-20-32(35)28-21-23-31(24-22-28)36-37-33(29-16-9-7-10-17-29)25-34(38-36)30-18-11-8-12-19-30/h5-25H,1-4H3. The minimum absolute atomic E-state index is 0.716. The van der Waals surface area contributed by atoms with Crippen LogP contribution in [0, 0.1) is 6.92 Å². The molecular weight excluding hydrogens is 474 g/mol. The van der Waals surface area contributed by atoms with E-state index in [0.717, 1.165) is 33.6 Å². The van der Waals surface area contributed by atoms with E-state index in [0.29, 0.717) is 5.82 Å². The quantitative estimate of drug-likeness (QED) is 0.205. The number of para-hydroxylation sites is 1. The van der Waals surface area contributed by atoms with Crippen molar-refractivity contribution in [2.45, 2.75) is 20.8 Å². The fraction of sp³-hybridized carbons (Fsp3) is 0.111. The first-order valence-corrected chi connectivity index (χ1v) is 13.3. The van der Waals surface area contributed by atoms with Crippen LogP contribution in [0.25, 0.3) is 45.0 Å². The van der Waals surface area contributed by atoms with E-state index < -0.39 is 0 Å². The van der Waals surface area contributed by atoms with Gasteiger partial charge in [0, 0.05) is 35.0 Å². The van der Waals surface area contributed by atoms with Crippen molar-refractivity contribution in [3.63, 3.8) is 0 Å². The lowest BCUT2D eigenvalue weighted by Crippen LogP contribution is -2.16. The summed E-state index contributed by atoms with van der Waals surface area (Å²) in [4.78, 5) is 12.2. The molecule has 0 aliphatic heterocycles. The van der Waals surface area contributed by atoms with Gasteiger partial charge in [0.2, 0.25) is 0 Å². The maximum absolute atomic E-state index is 4.98. The van der Waals surface area contributed by atoms with Crippen LogP contribution in [0.4, 0.5) is 5.69 Å². The Morgan fingerprint density at radius 1 is 0.667 bits per heavy atom. The zero-order chi connectivity index (χ0) is 27.2. The molecule has 0 aliphatic carbocycles. The maximum Gasteiger partial charge on any atom is 0.160 e. The van der Waals surface area contributed by atoms with Crippen LogP contribution < -0.4 is 4.90 Å². The van der Waals surface area contributed by atoms with Crippen LogP contribution in [0.5, 0.6) is 0 Å². The average Bonchev–Trinajstić information content (AvgIpc) is 3.00. The van der Waals surface area contributed by atoms with Gasteiger partial charge in [0.05, 0.1) is 17.1 Å². The summed E-state index contributed by atoms with van der Waals surface area (Å²) in [5.41, 5.74) is 10.9. The fourth-order valence-electron chi connectivity index (χ4n) is 4.75. The minimum atomic E-state index is 0.716. The Balaban J connectivity index is 1.56. The molecule has 0 N–H and O–H groups in total. The maximum atomic E-state index is 4.98. The van der Waals surface area contributed by atoms with Crippen molar-refractivity contribution in [1.82, 2.24) is 9.97 Å². The Morgan fingerprint density at radius 3 is 1.79 bits per heavy atom. The number of nitrogens with zero attached hydrogens (tertiary/aromatic N) is 3. The molecule has 192 valence electrons. The predicted octanol–water partition coefficient (Wildman–Crippen LogP) is 9.37. The molecular formula is C36H33N3. The Labute approximate surface area is 231 Å². The van der Waals surface area contributed by atoms with Crippen LogP contribution in [0.3, 0.4) is 0 Å². The largest absolute Gasteiger partial charge is 0.348 e. The SMILES string of the molecule is CC=CC=C(C)N(C)c1c(C)cccc1-c1ccc(-c2nc(-c3ccccc3)cc(-c3ccccc3)n2)cc1. The van der Waals surface area contributed by atoms with E-state index in [-0.39, 0.29) is 0 Å². The third kappa shape index (κ3) is 5.73. The molecule has 0 spiro atoms. The lowest BCUT2D eigenvalue weighted by molar-refractivity contribution is 1.08. The number of aryl methyl sites for hydroxylation is 1. The number of allylic oxidation sites excluding steroid dienone is 4. The molecule has 5 aromatic rings. The van der Waals surface area contributed by atoms with Crippen LogP contribution in [0.2, 0.25) is 0 Å². The van der Waals surface area contributed by atoms with Gasteiger partial charge in [0.25, 0.3) is 0 Å². The molecule has 39 heavy (non-hydrogen) atoms. The highest BCUT2D eigenvalue weighted by Gasteiger charge is 2.15. The Kier molecular flexibility index (Phi) is 7.79. The zero-order valence-electron chi connectivity index (χ0n) is 23.0.